The Labute approximate surface area is 168 Å². The number of ether oxygens (including phenoxy) is 1. The second-order valence-electron chi connectivity index (χ2n) is 7.03. The van der Waals surface area contributed by atoms with E-state index in [4.69, 9.17) is 4.74 Å². The maximum atomic E-state index is 5.54. The second-order valence-corrected chi connectivity index (χ2v) is 7.03. The zero-order valence-electron chi connectivity index (χ0n) is 16.9. The van der Waals surface area contributed by atoms with E-state index in [0.717, 1.165) is 57.5 Å². The van der Waals surface area contributed by atoms with Crippen molar-refractivity contribution < 1.29 is 4.74 Å². The van der Waals surface area contributed by atoms with E-state index >= 15 is 0 Å². The van der Waals surface area contributed by atoms with Crippen molar-refractivity contribution >= 4 is 5.96 Å². The van der Waals surface area contributed by atoms with Crippen molar-refractivity contribution in [2.45, 2.75) is 19.4 Å². The largest absolute Gasteiger partial charge is 0.379 e. The van der Waals surface area contributed by atoms with Crippen LogP contribution < -0.4 is 10.6 Å². The molecule has 1 aliphatic heterocycles. The summed E-state index contributed by atoms with van der Waals surface area (Å²) in [5.74, 6) is 0.821. The molecule has 1 unspecified atom stereocenters. The molecule has 3 rings (SSSR count). The zero-order chi connectivity index (χ0) is 19.6. The molecule has 6 nitrogen and oxygen atoms in total. The third kappa shape index (κ3) is 6.04. The molecule has 0 saturated carbocycles. The van der Waals surface area contributed by atoms with Crippen LogP contribution in [0, 0.1) is 6.92 Å². The highest BCUT2D eigenvalue weighted by Crippen LogP contribution is 2.21. The molecule has 0 bridgehead atoms. The van der Waals surface area contributed by atoms with Gasteiger partial charge in [-0.15, -0.1) is 0 Å². The van der Waals surface area contributed by atoms with Crippen molar-refractivity contribution in [1.29, 1.82) is 0 Å². The summed E-state index contributed by atoms with van der Waals surface area (Å²) in [5.41, 5.74) is 3.68. The van der Waals surface area contributed by atoms with E-state index in [-0.39, 0.29) is 0 Å². The number of rotatable bonds is 7. The van der Waals surface area contributed by atoms with Crippen molar-refractivity contribution in [3.05, 3.63) is 65.5 Å². The van der Waals surface area contributed by atoms with Crippen LogP contribution in [0.2, 0.25) is 0 Å². The van der Waals surface area contributed by atoms with Crippen molar-refractivity contribution in [2.75, 3.05) is 46.4 Å². The molecule has 1 aromatic carbocycles. The summed E-state index contributed by atoms with van der Waals surface area (Å²) in [6.45, 7) is 7.20. The molecule has 28 heavy (non-hydrogen) atoms. The lowest BCUT2D eigenvalue weighted by Gasteiger charge is -2.35. The summed E-state index contributed by atoms with van der Waals surface area (Å²) in [5, 5.41) is 6.89. The van der Waals surface area contributed by atoms with Gasteiger partial charge in [-0.05, 0) is 24.6 Å². The summed E-state index contributed by atoms with van der Waals surface area (Å²) in [6.07, 6.45) is 2.70. The van der Waals surface area contributed by atoms with Crippen molar-refractivity contribution in [2.24, 2.45) is 4.99 Å². The minimum atomic E-state index is 0.291. The number of nitrogens with zero attached hydrogens (tertiary/aromatic N) is 3. The molecule has 150 valence electrons. The average molecular weight is 382 g/mol. The molecular weight excluding hydrogens is 350 g/mol. The number of aliphatic imine (C=N–C) groups is 1. The SMILES string of the molecule is CN=C(NCCc1ccccn1)NCC(c1ccc(C)cc1)N1CCOCC1. The Bertz CT molecular complexity index is 726. The van der Waals surface area contributed by atoms with Crippen LogP contribution in [0.25, 0.3) is 0 Å². The standard InChI is InChI=1S/C22H31N5O/c1-18-6-8-19(9-7-18)21(27-13-15-28-16-14-27)17-26-22(23-2)25-12-10-20-5-3-4-11-24-20/h3-9,11,21H,10,12-17H2,1-2H3,(H2,23,25,26). The average Bonchev–Trinajstić information content (AvgIpc) is 2.75. The summed E-state index contributed by atoms with van der Waals surface area (Å²) >= 11 is 0. The van der Waals surface area contributed by atoms with Crippen molar-refractivity contribution in [3.63, 3.8) is 0 Å². The van der Waals surface area contributed by atoms with Crippen LogP contribution in [0.3, 0.4) is 0 Å². The molecule has 1 fully saturated rings. The molecule has 1 aliphatic rings. The first-order valence-corrected chi connectivity index (χ1v) is 9.99. The fourth-order valence-electron chi connectivity index (χ4n) is 3.40. The van der Waals surface area contributed by atoms with E-state index in [1.165, 1.54) is 11.1 Å². The van der Waals surface area contributed by atoms with Crippen molar-refractivity contribution in [1.82, 2.24) is 20.5 Å². The van der Waals surface area contributed by atoms with E-state index in [9.17, 15) is 0 Å². The van der Waals surface area contributed by atoms with Crippen LogP contribution >= 0.6 is 0 Å². The van der Waals surface area contributed by atoms with Crippen LogP contribution in [0.1, 0.15) is 22.9 Å². The van der Waals surface area contributed by atoms with Crippen LogP contribution in [-0.2, 0) is 11.2 Å². The minimum absolute atomic E-state index is 0.291. The summed E-state index contributed by atoms with van der Waals surface area (Å²) in [4.78, 5) is 11.2. The molecule has 2 heterocycles. The van der Waals surface area contributed by atoms with E-state index in [1.807, 2.05) is 31.4 Å². The van der Waals surface area contributed by atoms with Crippen LogP contribution in [0.4, 0.5) is 0 Å². The number of guanidine groups is 1. The monoisotopic (exact) mass is 381 g/mol. The lowest BCUT2D eigenvalue weighted by atomic mass is 10.0. The number of morpholine rings is 1. The van der Waals surface area contributed by atoms with Gasteiger partial charge in [-0.1, -0.05) is 35.9 Å². The Hall–Kier alpha value is -2.44. The number of hydrogen-bond donors (Lipinski definition) is 2. The molecule has 1 aromatic heterocycles. The van der Waals surface area contributed by atoms with Gasteiger partial charge in [0.2, 0.25) is 0 Å². The Morgan fingerprint density at radius 3 is 2.61 bits per heavy atom. The molecule has 6 heteroatoms. The van der Waals surface area contributed by atoms with Crippen LogP contribution in [0.5, 0.6) is 0 Å². The number of benzene rings is 1. The minimum Gasteiger partial charge on any atom is -0.379 e. The molecule has 1 saturated heterocycles. The topological polar surface area (TPSA) is 61.8 Å². The highest BCUT2D eigenvalue weighted by atomic mass is 16.5. The maximum absolute atomic E-state index is 5.54. The first kappa shape index (κ1) is 20.3. The van der Waals surface area contributed by atoms with Gasteiger partial charge < -0.3 is 15.4 Å². The van der Waals surface area contributed by atoms with Crippen LogP contribution in [-0.4, -0.2) is 62.3 Å². The van der Waals surface area contributed by atoms with Gasteiger partial charge in [0.15, 0.2) is 5.96 Å². The van der Waals surface area contributed by atoms with Gasteiger partial charge >= 0.3 is 0 Å². The van der Waals surface area contributed by atoms with Crippen LogP contribution in [0.15, 0.2) is 53.7 Å². The zero-order valence-corrected chi connectivity index (χ0v) is 16.9. The summed E-state index contributed by atoms with van der Waals surface area (Å²) < 4.78 is 5.54. The smallest absolute Gasteiger partial charge is 0.191 e. The number of aryl methyl sites for hydroxylation is 1. The maximum Gasteiger partial charge on any atom is 0.191 e. The molecule has 0 amide bonds. The number of aromatic nitrogens is 1. The number of pyridine rings is 1. The van der Waals surface area contributed by atoms with Crippen molar-refractivity contribution in [3.8, 4) is 0 Å². The first-order chi connectivity index (χ1) is 13.8. The molecule has 0 aliphatic carbocycles. The third-order valence-corrected chi connectivity index (χ3v) is 5.03. The lowest BCUT2D eigenvalue weighted by Crippen LogP contribution is -2.46. The van der Waals surface area contributed by atoms with Gasteiger partial charge in [0.05, 0.1) is 19.3 Å². The lowest BCUT2D eigenvalue weighted by molar-refractivity contribution is 0.0170. The Kier molecular flexibility index (Phi) is 7.82. The second kappa shape index (κ2) is 10.8. The third-order valence-electron chi connectivity index (χ3n) is 5.03. The Balaban J connectivity index is 1.57. The van der Waals surface area contributed by atoms with Gasteiger partial charge in [-0.2, -0.15) is 0 Å². The molecule has 1 atom stereocenters. The van der Waals surface area contributed by atoms with E-state index in [1.54, 1.807) is 0 Å². The van der Waals surface area contributed by atoms with Gasteiger partial charge in [-0.25, -0.2) is 0 Å². The molecule has 0 radical (unpaired) electrons. The molecule has 2 N–H and O–H groups in total. The highest BCUT2D eigenvalue weighted by Gasteiger charge is 2.22. The van der Waals surface area contributed by atoms with E-state index < -0.39 is 0 Å². The number of nitrogens with one attached hydrogen (secondary N) is 2. The normalized spacial score (nSPS) is 16.6. The highest BCUT2D eigenvalue weighted by molar-refractivity contribution is 5.79. The molecule has 0 spiro atoms. The fraction of sp³-hybridized carbons (Fsp3) is 0.455. The fourth-order valence-corrected chi connectivity index (χ4v) is 3.40. The predicted molar refractivity (Wildman–Crippen MR) is 114 cm³/mol. The predicted octanol–water partition coefficient (Wildman–Crippen LogP) is 2.17. The summed E-state index contributed by atoms with van der Waals surface area (Å²) in [6, 6.07) is 15.1. The quantitative estimate of drug-likeness (QED) is 0.569. The van der Waals surface area contributed by atoms with Gasteiger partial charge in [0, 0.05) is 51.5 Å². The molecular formula is C22H31N5O. The van der Waals surface area contributed by atoms with Gasteiger partial charge in [-0.3, -0.25) is 14.9 Å². The van der Waals surface area contributed by atoms with Gasteiger partial charge in [0.1, 0.15) is 0 Å². The Morgan fingerprint density at radius 2 is 1.93 bits per heavy atom. The first-order valence-electron chi connectivity index (χ1n) is 9.99. The summed E-state index contributed by atoms with van der Waals surface area (Å²) in [7, 11) is 1.81. The van der Waals surface area contributed by atoms with E-state index in [2.05, 4.69) is 56.7 Å². The number of hydrogen-bond acceptors (Lipinski definition) is 4. The van der Waals surface area contributed by atoms with Gasteiger partial charge in [0.25, 0.3) is 0 Å². The Morgan fingerprint density at radius 1 is 1.14 bits per heavy atom. The van der Waals surface area contributed by atoms with E-state index in [0.29, 0.717) is 6.04 Å². The molecule has 2 aromatic rings.